The van der Waals surface area contributed by atoms with Crippen LogP contribution in [-0.4, -0.2) is 33.7 Å². The molecule has 7 nitrogen and oxygen atoms in total. The van der Waals surface area contributed by atoms with Crippen LogP contribution < -0.4 is 5.06 Å². The summed E-state index contributed by atoms with van der Waals surface area (Å²) >= 11 is 0. The van der Waals surface area contributed by atoms with Crippen molar-refractivity contribution in [3.63, 3.8) is 0 Å². The van der Waals surface area contributed by atoms with Crippen molar-refractivity contribution in [3.05, 3.63) is 29.8 Å². The Morgan fingerprint density at radius 2 is 1.68 bits per heavy atom. The Labute approximate surface area is 110 Å². The van der Waals surface area contributed by atoms with Crippen molar-refractivity contribution in [2.75, 3.05) is 18.4 Å². The van der Waals surface area contributed by atoms with E-state index < -0.39 is 22.0 Å². The number of anilines is 1. The van der Waals surface area contributed by atoms with Crippen LogP contribution >= 0.6 is 0 Å². The number of amides is 1. The SMILES string of the molecule is COC(=O)c1ccc(N(OS(C)(=O)=O)C(C)=O)cc1. The smallest absolute Gasteiger partial charge is 0.337 e. The summed E-state index contributed by atoms with van der Waals surface area (Å²) in [5, 5.41) is 0.621. The maximum Gasteiger partial charge on any atom is 0.337 e. The van der Waals surface area contributed by atoms with Gasteiger partial charge in [-0.3, -0.25) is 4.79 Å². The van der Waals surface area contributed by atoms with E-state index in [2.05, 4.69) is 9.02 Å². The molecule has 1 rings (SSSR count). The highest BCUT2D eigenvalue weighted by atomic mass is 32.2. The summed E-state index contributed by atoms with van der Waals surface area (Å²) in [6, 6.07) is 5.53. The third kappa shape index (κ3) is 4.34. The second-order valence-electron chi connectivity index (χ2n) is 3.63. The number of hydrogen-bond donors (Lipinski definition) is 0. The Kier molecular flexibility index (Phi) is 4.62. The molecule has 0 heterocycles. The van der Waals surface area contributed by atoms with Gasteiger partial charge in [0, 0.05) is 6.92 Å². The van der Waals surface area contributed by atoms with Gasteiger partial charge in [-0.2, -0.15) is 13.5 Å². The molecule has 0 saturated carbocycles. The third-order valence-corrected chi connectivity index (χ3v) is 2.44. The zero-order valence-electron chi connectivity index (χ0n) is 10.6. The predicted molar refractivity (Wildman–Crippen MR) is 66.9 cm³/mol. The fourth-order valence-electron chi connectivity index (χ4n) is 1.26. The van der Waals surface area contributed by atoms with Gasteiger partial charge >= 0.3 is 5.97 Å². The molecule has 0 aliphatic carbocycles. The van der Waals surface area contributed by atoms with Gasteiger partial charge < -0.3 is 4.74 Å². The summed E-state index contributed by atoms with van der Waals surface area (Å²) in [5.74, 6) is -1.15. The van der Waals surface area contributed by atoms with Crippen LogP contribution in [0.15, 0.2) is 24.3 Å². The molecule has 0 radical (unpaired) electrons. The number of methoxy groups -OCH3 is 1. The van der Waals surface area contributed by atoms with Crippen LogP contribution in [0, 0.1) is 0 Å². The minimum absolute atomic E-state index is 0.186. The highest BCUT2D eigenvalue weighted by Crippen LogP contribution is 2.17. The molecule has 1 aromatic rings. The Bertz CT molecular complexity index is 578. The summed E-state index contributed by atoms with van der Waals surface area (Å²) < 4.78 is 31.2. The molecule has 0 unspecified atom stereocenters. The van der Waals surface area contributed by atoms with Crippen molar-refractivity contribution in [3.8, 4) is 0 Å². The fourth-order valence-corrected chi connectivity index (χ4v) is 1.73. The van der Waals surface area contributed by atoms with E-state index in [0.717, 1.165) is 13.2 Å². The van der Waals surface area contributed by atoms with Crippen molar-refractivity contribution >= 4 is 27.7 Å². The number of nitrogens with zero attached hydrogens (tertiary/aromatic N) is 1. The van der Waals surface area contributed by atoms with Crippen LogP contribution in [0.2, 0.25) is 0 Å². The van der Waals surface area contributed by atoms with E-state index in [9.17, 15) is 18.0 Å². The number of hydrogen-bond acceptors (Lipinski definition) is 6. The van der Waals surface area contributed by atoms with Crippen molar-refractivity contribution in [1.82, 2.24) is 0 Å². The summed E-state index contributed by atoms with van der Waals surface area (Å²) in [5.41, 5.74) is 0.458. The first-order valence-corrected chi connectivity index (χ1v) is 6.95. The van der Waals surface area contributed by atoms with Gasteiger partial charge in [-0.25, -0.2) is 4.79 Å². The van der Waals surface area contributed by atoms with Gasteiger partial charge in [-0.15, -0.1) is 4.28 Å². The zero-order valence-corrected chi connectivity index (χ0v) is 11.4. The molecule has 0 bridgehead atoms. The standard InChI is InChI=1S/C11H13NO6S/c1-8(13)12(18-19(3,15)16)10-6-4-9(5-7-10)11(14)17-2/h4-7H,1-3H3. The molecule has 8 heteroatoms. The van der Waals surface area contributed by atoms with Crippen LogP contribution in [0.1, 0.15) is 17.3 Å². The fraction of sp³-hybridized carbons (Fsp3) is 0.273. The molecule has 0 atom stereocenters. The number of ether oxygens (including phenoxy) is 1. The number of benzene rings is 1. The predicted octanol–water partition coefficient (Wildman–Crippen LogP) is 0.717. The molecule has 0 aromatic heterocycles. The molecule has 19 heavy (non-hydrogen) atoms. The van der Waals surface area contributed by atoms with Gasteiger partial charge in [0.15, 0.2) is 0 Å². The Balaban J connectivity index is 3.05. The minimum atomic E-state index is -3.83. The lowest BCUT2D eigenvalue weighted by Crippen LogP contribution is -2.31. The lowest BCUT2D eigenvalue weighted by Gasteiger charge is -2.18. The Morgan fingerprint density at radius 3 is 2.05 bits per heavy atom. The van der Waals surface area contributed by atoms with Gasteiger partial charge in [0.2, 0.25) is 5.91 Å². The van der Waals surface area contributed by atoms with Crippen molar-refractivity contribution in [1.29, 1.82) is 0 Å². The number of hydroxylamine groups is 1. The third-order valence-electron chi connectivity index (χ3n) is 2.02. The lowest BCUT2D eigenvalue weighted by molar-refractivity contribution is -0.120. The van der Waals surface area contributed by atoms with E-state index >= 15 is 0 Å². The number of rotatable bonds is 4. The van der Waals surface area contributed by atoms with E-state index in [1.54, 1.807) is 0 Å². The zero-order chi connectivity index (χ0) is 14.6. The average Bonchev–Trinajstić information content (AvgIpc) is 2.34. The van der Waals surface area contributed by atoms with Gasteiger partial charge in [0.25, 0.3) is 10.1 Å². The number of carbonyl (C=O) groups is 2. The normalized spacial score (nSPS) is 10.9. The van der Waals surface area contributed by atoms with E-state index in [0.29, 0.717) is 5.06 Å². The van der Waals surface area contributed by atoms with E-state index in [-0.39, 0.29) is 11.3 Å². The van der Waals surface area contributed by atoms with Crippen LogP contribution in [-0.2, 0) is 23.9 Å². The molecule has 0 aliphatic heterocycles. The number of esters is 1. The second-order valence-corrected chi connectivity index (χ2v) is 5.19. The first-order valence-electron chi connectivity index (χ1n) is 5.13. The first-order chi connectivity index (χ1) is 8.74. The van der Waals surface area contributed by atoms with E-state index in [4.69, 9.17) is 0 Å². The molecule has 0 saturated heterocycles. The summed E-state index contributed by atoms with van der Waals surface area (Å²) in [7, 11) is -2.59. The summed E-state index contributed by atoms with van der Waals surface area (Å²) in [6.45, 7) is 1.15. The monoisotopic (exact) mass is 287 g/mol. The molecule has 0 N–H and O–H groups in total. The Hall–Kier alpha value is -1.93. The summed E-state index contributed by atoms with van der Waals surface area (Å²) in [6.07, 6.45) is 0.825. The van der Waals surface area contributed by atoms with Gasteiger partial charge in [0.1, 0.15) is 0 Å². The van der Waals surface area contributed by atoms with Gasteiger partial charge in [-0.05, 0) is 24.3 Å². The first kappa shape index (κ1) is 15.1. The molecule has 104 valence electrons. The van der Waals surface area contributed by atoms with E-state index in [1.165, 1.54) is 31.4 Å². The van der Waals surface area contributed by atoms with Crippen molar-refractivity contribution < 1.29 is 27.0 Å². The van der Waals surface area contributed by atoms with Crippen LogP contribution in [0.4, 0.5) is 5.69 Å². The maximum atomic E-state index is 11.3. The largest absolute Gasteiger partial charge is 0.465 e. The van der Waals surface area contributed by atoms with Crippen molar-refractivity contribution in [2.24, 2.45) is 0 Å². The summed E-state index contributed by atoms with van der Waals surface area (Å²) in [4.78, 5) is 22.6. The molecule has 0 spiro atoms. The molecular formula is C11H13NO6S. The maximum absolute atomic E-state index is 11.3. The quantitative estimate of drug-likeness (QED) is 0.598. The highest BCUT2D eigenvalue weighted by molar-refractivity contribution is 7.86. The van der Waals surface area contributed by atoms with E-state index in [1.807, 2.05) is 0 Å². The van der Waals surface area contributed by atoms with Crippen molar-refractivity contribution in [2.45, 2.75) is 6.92 Å². The molecule has 1 aromatic carbocycles. The van der Waals surface area contributed by atoms with Gasteiger partial charge in [0.05, 0.1) is 24.6 Å². The minimum Gasteiger partial charge on any atom is -0.465 e. The van der Waals surface area contributed by atoms with Crippen LogP contribution in [0.3, 0.4) is 0 Å². The molecular weight excluding hydrogens is 274 g/mol. The highest BCUT2D eigenvalue weighted by Gasteiger charge is 2.18. The average molecular weight is 287 g/mol. The van der Waals surface area contributed by atoms with Gasteiger partial charge in [-0.1, -0.05) is 0 Å². The topological polar surface area (TPSA) is 90.0 Å². The second kappa shape index (κ2) is 5.81. The Morgan fingerprint density at radius 1 is 1.16 bits per heavy atom. The molecule has 0 aliphatic rings. The number of carbonyl (C=O) groups excluding carboxylic acids is 2. The molecule has 1 amide bonds. The van der Waals surface area contributed by atoms with Crippen LogP contribution in [0.25, 0.3) is 0 Å². The molecule has 0 fully saturated rings. The lowest BCUT2D eigenvalue weighted by atomic mass is 10.2. The van der Waals surface area contributed by atoms with Crippen LogP contribution in [0.5, 0.6) is 0 Å².